The first-order chi connectivity index (χ1) is 26.8. The first-order valence-electron chi connectivity index (χ1n) is 18.4. The van der Waals surface area contributed by atoms with Crippen LogP contribution in [0.5, 0.6) is 0 Å². The largest absolute Gasteiger partial charge is 0.310 e. The molecule has 3 heteroatoms. The highest BCUT2D eigenvalue weighted by molar-refractivity contribution is 6.06. The highest BCUT2D eigenvalue weighted by Gasteiger charge is 2.19. The number of anilines is 3. The zero-order valence-corrected chi connectivity index (χ0v) is 29.5. The third kappa shape index (κ3) is 5.60. The quantitative estimate of drug-likeness (QED) is 0.166. The molecule has 0 unspecified atom stereocenters. The second kappa shape index (κ2) is 13.4. The Morgan fingerprint density at radius 3 is 1.69 bits per heavy atom. The molecule has 0 bridgehead atoms. The Kier molecular flexibility index (Phi) is 7.81. The van der Waals surface area contributed by atoms with Gasteiger partial charge in [0.2, 0.25) is 0 Å². The van der Waals surface area contributed by atoms with Gasteiger partial charge in [0.1, 0.15) is 5.82 Å². The summed E-state index contributed by atoms with van der Waals surface area (Å²) in [6.45, 7) is 0. The van der Waals surface area contributed by atoms with E-state index in [9.17, 15) is 0 Å². The molecule has 254 valence electrons. The molecule has 0 fully saturated rings. The molecule has 3 nitrogen and oxygen atoms in total. The Balaban J connectivity index is 1.10. The molecule has 0 aliphatic rings. The molecule has 0 N–H and O–H groups in total. The van der Waals surface area contributed by atoms with Gasteiger partial charge in [-0.15, -0.1) is 0 Å². The average Bonchev–Trinajstić information content (AvgIpc) is 3.65. The normalized spacial score (nSPS) is 11.3. The topological polar surface area (TPSA) is 21.1 Å². The number of hydrogen-bond donors (Lipinski definition) is 0. The van der Waals surface area contributed by atoms with Crippen molar-refractivity contribution in [3.8, 4) is 39.3 Å². The molecule has 0 aliphatic heterocycles. The summed E-state index contributed by atoms with van der Waals surface area (Å²) < 4.78 is 2.31. The number of fused-ring (bicyclic) bond motifs is 4. The van der Waals surface area contributed by atoms with Gasteiger partial charge in [-0.1, -0.05) is 146 Å². The first-order valence-corrected chi connectivity index (χ1v) is 18.4. The third-order valence-corrected chi connectivity index (χ3v) is 10.4. The van der Waals surface area contributed by atoms with Gasteiger partial charge in [-0.2, -0.15) is 0 Å². The van der Waals surface area contributed by atoms with Gasteiger partial charge in [-0.3, -0.25) is 4.57 Å². The fourth-order valence-corrected chi connectivity index (χ4v) is 7.79. The van der Waals surface area contributed by atoms with Crippen molar-refractivity contribution < 1.29 is 0 Å². The van der Waals surface area contributed by atoms with Crippen LogP contribution in [-0.4, -0.2) is 9.55 Å². The van der Waals surface area contributed by atoms with Crippen LogP contribution >= 0.6 is 0 Å². The third-order valence-electron chi connectivity index (χ3n) is 10.4. The zero-order chi connectivity index (χ0) is 35.8. The number of aromatic nitrogens is 2. The van der Waals surface area contributed by atoms with E-state index in [1.807, 2.05) is 0 Å². The van der Waals surface area contributed by atoms with E-state index >= 15 is 0 Å². The second-order valence-electron chi connectivity index (χ2n) is 13.6. The molecule has 0 aliphatic carbocycles. The van der Waals surface area contributed by atoms with Crippen LogP contribution in [0.1, 0.15) is 0 Å². The van der Waals surface area contributed by atoms with E-state index in [1.165, 1.54) is 43.8 Å². The first kappa shape index (κ1) is 31.5. The predicted molar refractivity (Wildman–Crippen MR) is 227 cm³/mol. The molecule has 1 aromatic heterocycles. The molecule has 10 rings (SSSR count). The van der Waals surface area contributed by atoms with Crippen LogP contribution in [-0.2, 0) is 0 Å². The van der Waals surface area contributed by atoms with Crippen molar-refractivity contribution >= 4 is 49.6 Å². The van der Waals surface area contributed by atoms with E-state index < -0.39 is 0 Å². The molecule has 0 spiro atoms. The van der Waals surface area contributed by atoms with Gasteiger partial charge in [-0.25, -0.2) is 4.98 Å². The Morgan fingerprint density at radius 1 is 0.370 bits per heavy atom. The molecule has 10 aromatic rings. The summed E-state index contributed by atoms with van der Waals surface area (Å²) in [4.78, 5) is 7.60. The number of hydrogen-bond acceptors (Lipinski definition) is 2. The maximum atomic E-state index is 5.25. The lowest BCUT2D eigenvalue weighted by molar-refractivity contribution is 1.11. The summed E-state index contributed by atoms with van der Waals surface area (Å²) in [6, 6.07) is 75.7. The molecule has 54 heavy (non-hydrogen) atoms. The van der Waals surface area contributed by atoms with Gasteiger partial charge < -0.3 is 4.90 Å². The van der Waals surface area contributed by atoms with E-state index in [0.29, 0.717) is 0 Å². The molecular weight excluding hydrogens is 655 g/mol. The van der Waals surface area contributed by atoms with Crippen molar-refractivity contribution in [3.63, 3.8) is 0 Å². The van der Waals surface area contributed by atoms with E-state index in [4.69, 9.17) is 4.98 Å². The van der Waals surface area contributed by atoms with Gasteiger partial charge in [0.25, 0.3) is 0 Å². The van der Waals surface area contributed by atoms with Crippen molar-refractivity contribution in [3.05, 3.63) is 212 Å². The summed E-state index contributed by atoms with van der Waals surface area (Å²) in [5, 5.41) is 4.88. The van der Waals surface area contributed by atoms with Crippen LogP contribution in [0.3, 0.4) is 0 Å². The lowest BCUT2D eigenvalue weighted by atomic mass is 9.98. The van der Waals surface area contributed by atoms with Crippen LogP contribution in [0.4, 0.5) is 17.1 Å². The number of benzene rings is 9. The Bertz CT molecular complexity index is 2900. The lowest BCUT2D eigenvalue weighted by Crippen LogP contribution is -2.10. The van der Waals surface area contributed by atoms with Gasteiger partial charge in [0.05, 0.1) is 11.0 Å². The van der Waals surface area contributed by atoms with Crippen molar-refractivity contribution in [1.82, 2.24) is 9.55 Å². The Morgan fingerprint density at radius 2 is 0.944 bits per heavy atom. The summed E-state index contributed by atoms with van der Waals surface area (Å²) >= 11 is 0. The molecule has 0 saturated heterocycles. The fourth-order valence-electron chi connectivity index (χ4n) is 7.79. The average molecular weight is 690 g/mol. The van der Waals surface area contributed by atoms with E-state index in [-0.39, 0.29) is 0 Å². The number of imidazole rings is 1. The minimum Gasteiger partial charge on any atom is -0.310 e. The zero-order valence-electron chi connectivity index (χ0n) is 29.5. The molecule has 1 heterocycles. The summed E-state index contributed by atoms with van der Waals surface area (Å²) in [7, 11) is 0. The van der Waals surface area contributed by atoms with Crippen molar-refractivity contribution in [2.24, 2.45) is 0 Å². The highest BCUT2D eigenvalue weighted by Crippen LogP contribution is 2.40. The summed E-state index contributed by atoms with van der Waals surface area (Å²) in [6.07, 6.45) is 0. The molecule has 0 radical (unpaired) electrons. The summed E-state index contributed by atoms with van der Waals surface area (Å²) in [5.74, 6) is 0.913. The number of nitrogens with zero attached hydrogens (tertiary/aromatic N) is 3. The minimum atomic E-state index is 0.913. The van der Waals surface area contributed by atoms with Crippen LogP contribution in [0.15, 0.2) is 212 Å². The van der Waals surface area contributed by atoms with Crippen molar-refractivity contribution in [2.45, 2.75) is 0 Å². The SMILES string of the molecule is c1ccc(-c2cccc(N(c3ccc(-c4cccc5ccccc45)cc3)c3ccc(-c4nc5ccc6ccccc6c5n4-c4ccccc4)cc3)c2)cc1. The molecular formula is C51H35N3. The number of para-hydroxylation sites is 1. The standard InChI is InChI=1S/C51H35N3/c1-3-13-36(14-4-1)41-18-11-21-45(35-41)53(43-30-25-39(26-31-43)47-24-12-17-37-15-7-9-22-46(37)47)44-32-27-40(28-33-44)51-52-49-34-29-38-16-8-10-23-48(38)50(49)54(51)42-19-5-2-6-20-42/h1-35H. The van der Waals surface area contributed by atoms with Crippen LogP contribution in [0, 0.1) is 0 Å². The molecule has 0 saturated carbocycles. The van der Waals surface area contributed by atoms with Crippen LogP contribution in [0.25, 0.3) is 71.9 Å². The van der Waals surface area contributed by atoms with Crippen LogP contribution < -0.4 is 4.90 Å². The van der Waals surface area contributed by atoms with E-state index in [2.05, 4.69) is 222 Å². The molecule has 0 amide bonds. The van der Waals surface area contributed by atoms with E-state index in [1.54, 1.807) is 0 Å². The van der Waals surface area contributed by atoms with Crippen LogP contribution in [0.2, 0.25) is 0 Å². The van der Waals surface area contributed by atoms with Gasteiger partial charge in [-0.05, 0) is 105 Å². The lowest BCUT2D eigenvalue weighted by Gasteiger charge is -2.26. The summed E-state index contributed by atoms with van der Waals surface area (Å²) in [5.41, 5.74) is 12.2. The molecule has 0 atom stereocenters. The Labute approximate surface area is 314 Å². The number of rotatable bonds is 7. The predicted octanol–water partition coefficient (Wildman–Crippen LogP) is 13.8. The smallest absolute Gasteiger partial charge is 0.145 e. The fraction of sp³-hybridized carbons (Fsp3) is 0. The molecule has 9 aromatic carbocycles. The maximum Gasteiger partial charge on any atom is 0.145 e. The highest BCUT2D eigenvalue weighted by atomic mass is 15.1. The minimum absolute atomic E-state index is 0.913. The van der Waals surface area contributed by atoms with Gasteiger partial charge in [0.15, 0.2) is 0 Å². The van der Waals surface area contributed by atoms with Crippen molar-refractivity contribution in [2.75, 3.05) is 4.90 Å². The van der Waals surface area contributed by atoms with E-state index in [0.717, 1.165) is 45.2 Å². The maximum absolute atomic E-state index is 5.25. The van der Waals surface area contributed by atoms with Crippen molar-refractivity contribution in [1.29, 1.82) is 0 Å². The Hall–Kier alpha value is -7.23. The monoisotopic (exact) mass is 689 g/mol. The second-order valence-corrected chi connectivity index (χ2v) is 13.6. The van der Waals surface area contributed by atoms with Gasteiger partial charge >= 0.3 is 0 Å². The van der Waals surface area contributed by atoms with Gasteiger partial charge in [0, 0.05) is 33.7 Å².